The summed E-state index contributed by atoms with van der Waals surface area (Å²) in [5.74, 6) is -0.0286. The number of terminal acetylenes is 1. The molecule has 1 unspecified atom stereocenters. The lowest BCUT2D eigenvalue weighted by atomic mass is 9.99. The predicted molar refractivity (Wildman–Crippen MR) is 107 cm³/mol. The lowest BCUT2D eigenvalue weighted by Gasteiger charge is -2.42. The van der Waals surface area contributed by atoms with Crippen molar-refractivity contribution in [2.75, 3.05) is 27.2 Å². The van der Waals surface area contributed by atoms with E-state index in [4.69, 9.17) is 30.1 Å². The predicted octanol–water partition coefficient (Wildman–Crippen LogP) is -2.44. The molecule has 0 aromatic rings. The van der Waals surface area contributed by atoms with E-state index in [1.165, 1.54) is 6.92 Å². The molecule has 11 heteroatoms. The Balaban J connectivity index is 0.00000961. The van der Waals surface area contributed by atoms with Gasteiger partial charge in [-0.2, -0.15) is 0 Å². The summed E-state index contributed by atoms with van der Waals surface area (Å²) in [5.41, 5.74) is 0. The third-order valence-corrected chi connectivity index (χ3v) is 4.54. The summed E-state index contributed by atoms with van der Waals surface area (Å²) in [6, 6.07) is 0. The van der Waals surface area contributed by atoms with Gasteiger partial charge >= 0.3 is 23.9 Å². The summed E-state index contributed by atoms with van der Waals surface area (Å²) < 4.78 is 27.3. The maximum atomic E-state index is 12.4. The van der Waals surface area contributed by atoms with E-state index in [2.05, 4.69) is 5.92 Å². The van der Waals surface area contributed by atoms with Gasteiger partial charge < -0.3 is 45.1 Å². The summed E-state index contributed by atoms with van der Waals surface area (Å²) in [5, 5.41) is 0. The molecule has 1 aliphatic heterocycles. The van der Waals surface area contributed by atoms with E-state index in [1.807, 2.05) is 14.1 Å². The van der Waals surface area contributed by atoms with Crippen molar-refractivity contribution >= 4 is 23.9 Å². The minimum absolute atomic E-state index is 0. The van der Waals surface area contributed by atoms with Gasteiger partial charge in [0.1, 0.15) is 6.54 Å². The molecule has 0 saturated carbocycles. The molecule has 1 rings (SSSR count). The number of esters is 4. The van der Waals surface area contributed by atoms with Gasteiger partial charge in [0.25, 0.3) is 0 Å². The lowest BCUT2D eigenvalue weighted by Crippen LogP contribution is -3.00. The third-order valence-electron chi connectivity index (χ3n) is 4.54. The Kier molecular flexibility index (Phi) is 12.5. The lowest BCUT2D eigenvalue weighted by molar-refractivity contribution is -0.883. The number of ether oxygens (including phenoxy) is 5. The summed E-state index contributed by atoms with van der Waals surface area (Å²) in [6.45, 7) is 6.23. The van der Waals surface area contributed by atoms with Crippen LogP contribution in [0.1, 0.15) is 40.5 Å². The fourth-order valence-corrected chi connectivity index (χ4v) is 3.23. The molecule has 0 radical (unpaired) electrons. The van der Waals surface area contributed by atoms with E-state index < -0.39 is 54.6 Å². The van der Waals surface area contributed by atoms with Crippen LogP contribution in [0.4, 0.5) is 0 Å². The van der Waals surface area contributed by atoms with Crippen molar-refractivity contribution in [1.29, 1.82) is 0 Å². The Morgan fingerprint density at radius 1 is 0.906 bits per heavy atom. The highest BCUT2D eigenvalue weighted by atomic mass is 79.9. The molecule has 1 fully saturated rings. The van der Waals surface area contributed by atoms with Crippen molar-refractivity contribution in [3.8, 4) is 12.3 Å². The first-order chi connectivity index (χ1) is 14.4. The van der Waals surface area contributed by atoms with E-state index in [0.717, 1.165) is 13.8 Å². The van der Waals surface area contributed by atoms with Crippen molar-refractivity contribution in [3.05, 3.63) is 0 Å². The molecule has 0 aliphatic carbocycles. The van der Waals surface area contributed by atoms with Gasteiger partial charge in [0.15, 0.2) is 12.2 Å². The second-order valence-electron chi connectivity index (χ2n) is 8.05. The molecule has 1 heterocycles. The second kappa shape index (κ2) is 13.4. The smallest absolute Gasteiger partial charge is 0.308 e. The number of carbonyl (C=O) groups excluding carboxylic acids is 4. The normalized spacial score (nSPS) is 24.8. The molecule has 10 nitrogen and oxygen atoms in total. The van der Waals surface area contributed by atoms with E-state index in [0.29, 0.717) is 24.0 Å². The van der Waals surface area contributed by atoms with Crippen molar-refractivity contribution in [2.45, 2.75) is 71.2 Å². The van der Waals surface area contributed by atoms with Gasteiger partial charge in [0, 0.05) is 27.2 Å². The topological polar surface area (TPSA) is 114 Å². The van der Waals surface area contributed by atoms with Crippen LogP contribution in [-0.4, -0.2) is 86.3 Å². The number of carbonyl (C=O) groups is 4. The molecule has 32 heavy (non-hydrogen) atoms. The highest BCUT2D eigenvalue weighted by molar-refractivity contribution is 5.70. The van der Waals surface area contributed by atoms with Crippen molar-refractivity contribution < 1.29 is 64.3 Å². The number of hydrogen-bond acceptors (Lipinski definition) is 9. The minimum atomic E-state index is -1.34. The molecule has 0 amide bonds. The van der Waals surface area contributed by atoms with Crippen molar-refractivity contribution in [1.82, 2.24) is 0 Å². The molecule has 0 N–H and O–H groups in total. The zero-order valence-electron chi connectivity index (χ0n) is 19.3. The zero-order valence-corrected chi connectivity index (χ0v) is 20.9. The summed E-state index contributed by atoms with van der Waals surface area (Å²) in [6.07, 6.45) is 0.230. The van der Waals surface area contributed by atoms with E-state index in [1.54, 1.807) is 6.92 Å². The monoisotopic (exact) mass is 521 g/mol. The van der Waals surface area contributed by atoms with Crippen LogP contribution in [0.15, 0.2) is 0 Å². The van der Waals surface area contributed by atoms with E-state index in [9.17, 15) is 19.2 Å². The molecular weight excluding hydrogens is 490 g/mol. The Morgan fingerprint density at radius 2 is 1.41 bits per heavy atom. The van der Waals surface area contributed by atoms with E-state index >= 15 is 0 Å². The van der Waals surface area contributed by atoms with E-state index in [-0.39, 0.29) is 23.4 Å². The molecule has 1 aliphatic rings. The van der Waals surface area contributed by atoms with Gasteiger partial charge in [-0.05, 0) is 12.8 Å². The maximum Gasteiger partial charge on any atom is 0.308 e. The minimum Gasteiger partial charge on any atom is -1.00 e. The summed E-state index contributed by atoms with van der Waals surface area (Å²) in [4.78, 5) is 47.2. The fraction of sp³-hybridized carbons (Fsp3) is 0.714. The van der Waals surface area contributed by atoms with Crippen LogP contribution in [-0.2, 0) is 42.9 Å². The van der Waals surface area contributed by atoms with Gasteiger partial charge in [-0.25, -0.2) is 0 Å². The van der Waals surface area contributed by atoms with Crippen LogP contribution in [0.25, 0.3) is 0 Å². The van der Waals surface area contributed by atoms with Gasteiger partial charge in [-0.1, -0.05) is 0 Å². The first-order valence-corrected chi connectivity index (χ1v) is 9.98. The van der Waals surface area contributed by atoms with Gasteiger partial charge in [0.2, 0.25) is 12.4 Å². The van der Waals surface area contributed by atoms with Gasteiger partial charge in [-0.15, -0.1) is 6.42 Å². The number of hydrogen-bond donors (Lipinski definition) is 0. The first kappa shape index (κ1) is 29.8. The highest BCUT2D eigenvalue weighted by Crippen LogP contribution is 2.29. The largest absolute Gasteiger partial charge is 1.00 e. The molecule has 0 spiro atoms. The molecule has 0 aromatic heterocycles. The highest BCUT2D eigenvalue weighted by Gasteiger charge is 2.52. The Bertz CT molecular complexity index is 719. The standard InChI is InChI=1S/C21H32NO9.BrH/c1-8-11-22(6,7)12-9-10-17(26)31-21-20(30-16(5)25)19(29-15(4)24)18(13(2)27-21)28-14(3)23;/h1,13,18-21H,9-12H2,2-7H3;1H/q+1;/p-1/t13-,18-,19+,20+,21?;/m0./s1. The van der Waals surface area contributed by atoms with Crippen LogP contribution in [0.3, 0.4) is 0 Å². The average Bonchev–Trinajstić information content (AvgIpc) is 2.60. The quantitative estimate of drug-likeness (QED) is 0.141. The molecule has 5 atom stereocenters. The van der Waals surface area contributed by atoms with Crippen LogP contribution < -0.4 is 17.0 Å². The maximum absolute atomic E-state index is 12.4. The van der Waals surface area contributed by atoms with Crippen molar-refractivity contribution in [2.24, 2.45) is 0 Å². The van der Waals surface area contributed by atoms with Crippen LogP contribution in [0.2, 0.25) is 0 Å². The third kappa shape index (κ3) is 9.97. The molecule has 1 saturated heterocycles. The molecule has 0 bridgehead atoms. The summed E-state index contributed by atoms with van der Waals surface area (Å²) in [7, 11) is 3.90. The van der Waals surface area contributed by atoms with Crippen LogP contribution in [0, 0.1) is 12.3 Å². The van der Waals surface area contributed by atoms with Crippen LogP contribution in [0.5, 0.6) is 0 Å². The molecule has 0 aromatic carbocycles. The van der Waals surface area contributed by atoms with Gasteiger partial charge in [-0.3, -0.25) is 19.2 Å². The number of nitrogens with zero attached hydrogens (tertiary/aromatic N) is 1. The Morgan fingerprint density at radius 3 is 1.91 bits per heavy atom. The number of rotatable bonds is 9. The Hall–Kier alpha value is -2.16. The zero-order chi connectivity index (χ0) is 23.8. The molecular formula is C21H32BrNO9. The van der Waals surface area contributed by atoms with Crippen molar-refractivity contribution in [3.63, 3.8) is 0 Å². The summed E-state index contributed by atoms with van der Waals surface area (Å²) >= 11 is 0. The number of quaternary nitrogens is 1. The SMILES string of the molecule is C#CC[N+](C)(C)CCCC(=O)OC1O[C@@H](C)[C@H](OC(C)=O)[C@@H](OC(C)=O)[C@H]1OC(C)=O.[Br-]. The van der Waals surface area contributed by atoms with Gasteiger partial charge in [0.05, 0.1) is 33.2 Å². The second-order valence-corrected chi connectivity index (χ2v) is 8.05. The Labute approximate surface area is 199 Å². The van der Waals surface area contributed by atoms with Crippen LogP contribution >= 0.6 is 0 Å². The molecule has 182 valence electrons. The average molecular weight is 522 g/mol. The fourth-order valence-electron chi connectivity index (χ4n) is 3.23. The first-order valence-electron chi connectivity index (χ1n) is 9.98. The number of halogens is 1.